The monoisotopic (exact) mass is 1460 g/mol. The lowest BCUT2D eigenvalue weighted by Gasteiger charge is -2.44. The molecule has 5 aliphatic heterocycles. The number of carboxylic acids is 4. The first-order valence-corrected chi connectivity index (χ1v) is 34.5. The molecule has 0 spiro atoms. The van der Waals surface area contributed by atoms with Crippen LogP contribution >= 0.6 is 47.0 Å². The number of nitrogens with one attached hydrogen (secondary N) is 10. The molecule has 9 unspecified atom stereocenters. The zero-order valence-corrected chi connectivity index (χ0v) is 57.9. The number of phenols is 4. The minimum absolute atomic E-state index is 0.0123. The highest BCUT2D eigenvalue weighted by Gasteiger charge is 2.65. The molecule has 0 saturated carbocycles. The Balaban J connectivity index is 1.06. The van der Waals surface area contributed by atoms with Gasteiger partial charge in [0.1, 0.15) is 101 Å². The van der Waals surface area contributed by atoms with Crippen LogP contribution in [0.15, 0.2) is 97.1 Å². The number of fused-ring (bicyclic) bond motifs is 1. The van der Waals surface area contributed by atoms with Crippen LogP contribution in [0.4, 0.5) is 0 Å². The van der Waals surface area contributed by atoms with Gasteiger partial charge in [-0.15, -0.1) is 47.0 Å². The highest BCUT2D eigenvalue weighted by atomic mass is 32.2. The van der Waals surface area contributed by atoms with Crippen LogP contribution in [0.25, 0.3) is 0 Å². The Morgan fingerprint density at radius 2 is 0.690 bits per heavy atom. The van der Waals surface area contributed by atoms with Crippen molar-refractivity contribution in [2.75, 3.05) is 0 Å². The fraction of sp³-hybridized carbons (Fsp3) is 0.438. The summed E-state index contributed by atoms with van der Waals surface area (Å²) in [6, 6.07) is 0.0624. The number of β-lactam (4-membered cyclic amide) rings is 1. The van der Waals surface area contributed by atoms with E-state index in [1.54, 1.807) is 27.7 Å². The van der Waals surface area contributed by atoms with Crippen molar-refractivity contribution in [3.05, 3.63) is 119 Å². The number of hydrogen-bond donors (Lipinski definition) is 19. The number of rotatable bonds is 25. The topological polar surface area (TPSA) is 516 Å². The zero-order valence-electron chi connectivity index (χ0n) is 54.6. The van der Waals surface area contributed by atoms with Crippen LogP contribution < -0.4 is 58.9 Å². The van der Waals surface area contributed by atoms with Gasteiger partial charge >= 0.3 is 23.9 Å². The average molecular weight is 1460 g/mol. The van der Waals surface area contributed by atoms with Gasteiger partial charge in [0.15, 0.2) is 0 Å². The van der Waals surface area contributed by atoms with E-state index in [4.69, 9.17) is 5.73 Å². The average Bonchev–Trinajstić information content (AvgIpc) is 1.55. The van der Waals surface area contributed by atoms with Gasteiger partial charge < -0.3 is 88.7 Å². The summed E-state index contributed by atoms with van der Waals surface area (Å²) >= 11 is 3.84. The van der Waals surface area contributed by atoms with Crippen LogP contribution in [0.5, 0.6) is 23.0 Å². The van der Waals surface area contributed by atoms with Crippen molar-refractivity contribution in [1.82, 2.24) is 58.1 Å². The smallest absolute Gasteiger partial charge is 0.327 e. The summed E-state index contributed by atoms with van der Waals surface area (Å²) in [4.78, 5) is 171. The molecule has 8 amide bonds. The Kier molecular flexibility index (Phi) is 22.0. The number of aromatic hydroxyl groups is 4. The van der Waals surface area contributed by atoms with E-state index >= 15 is 24.0 Å². The van der Waals surface area contributed by atoms with E-state index in [1.807, 2.05) is 0 Å². The Morgan fingerprint density at radius 1 is 0.400 bits per heavy atom. The minimum Gasteiger partial charge on any atom is -0.508 e. The molecule has 20 N–H and O–H groups in total. The van der Waals surface area contributed by atoms with E-state index in [-0.39, 0.29) is 45.3 Å². The van der Waals surface area contributed by atoms with Crippen molar-refractivity contribution in [3.8, 4) is 23.0 Å². The van der Waals surface area contributed by atoms with Crippen molar-refractivity contribution >= 4 is 118 Å². The van der Waals surface area contributed by atoms with Crippen LogP contribution in [0.1, 0.15) is 102 Å². The van der Waals surface area contributed by atoms with Gasteiger partial charge in [0, 0.05) is 19.0 Å². The molecule has 0 bridgehead atoms. The van der Waals surface area contributed by atoms with Gasteiger partial charge in [-0.05, 0) is 126 Å². The lowest BCUT2D eigenvalue weighted by atomic mass is 9.95. The number of amides is 8. The van der Waals surface area contributed by atoms with Crippen molar-refractivity contribution in [2.45, 2.75) is 168 Å². The zero-order chi connectivity index (χ0) is 73.6. The second-order valence-corrected chi connectivity index (χ2v) is 33.6. The summed E-state index contributed by atoms with van der Waals surface area (Å²) in [5.41, 5.74) is 6.37. The summed E-state index contributed by atoms with van der Waals surface area (Å²) in [5.74, 6) is -15.1. The molecule has 0 radical (unpaired) electrons. The highest BCUT2D eigenvalue weighted by Crippen LogP contribution is 2.51. The number of thioether (sulfide) groups is 4. The molecule has 5 aliphatic rings. The Bertz CT molecular complexity index is 3890. The third-order valence-corrected chi connectivity index (χ3v) is 23.7. The van der Waals surface area contributed by atoms with Gasteiger partial charge in [-0.25, -0.2) is 4.79 Å². The summed E-state index contributed by atoms with van der Waals surface area (Å²) in [5, 5.41) is 104. The van der Waals surface area contributed by atoms with E-state index < -0.39 is 184 Å². The molecule has 0 aliphatic carbocycles. The number of nitrogens with two attached hydrogens (primary N) is 1. The molecule has 4 aromatic carbocycles. The number of carbonyl (C=O) groups excluding carboxylic acids is 8. The van der Waals surface area contributed by atoms with E-state index in [2.05, 4.69) is 53.2 Å². The minimum atomic E-state index is -1.99. The summed E-state index contributed by atoms with van der Waals surface area (Å²) in [7, 11) is 0. The Labute approximate surface area is 588 Å². The van der Waals surface area contributed by atoms with Crippen LogP contribution in [0, 0.1) is 0 Å². The van der Waals surface area contributed by atoms with Crippen molar-refractivity contribution in [3.63, 3.8) is 0 Å². The molecular weight excluding hydrogens is 1390 g/mol. The first-order chi connectivity index (χ1) is 46.7. The third kappa shape index (κ3) is 16.1. The summed E-state index contributed by atoms with van der Waals surface area (Å²) in [6.45, 7) is 12.5. The third-order valence-electron chi connectivity index (χ3n) is 17.6. The molecule has 536 valence electrons. The number of phenolic OH excluding ortho intramolecular Hbond substituents is 4. The van der Waals surface area contributed by atoms with E-state index in [9.17, 15) is 74.4 Å². The number of carbonyl (C=O) groups is 12. The van der Waals surface area contributed by atoms with E-state index in [1.165, 1.54) is 100 Å². The van der Waals surface area contributed by atoms with Gasteiger partial charge in [0.25, 0.3) is 0 Å². The number of carboxylic acid groups (broad SMARTS) is 4. The largest absolute Gasteiger partial charge is 0.508 e. The maximum Gasteiger partial charge on any atom is 0.327 e. The summed E-state index contributed by atoms with van der Waals surface area (Å²) in [6.07, 6.45) is 0. The SMILES string of the molecule is CC1(C)S[C@@H]2[C@H](NC(=O)C(NC(=O)C(NC(=O)C(NC(=O)C(NC(=O)C(NC(=O)C(NC(=O)[C@H](N)c3ccc(O)cc3)C3N[C@@H](C(=O)O)C(C)(C)S3)c3ccc(O)cc3)C3N[C@@H](C(=O)O)C(C)(C)S3)c3ccc(O)cc3)C3N[C@@H](C(=O)O)C(C)(C)S3)c3ccc(O)cc3)C(=O)N2[C@H]1C(=O)O. The van der Waals surface area contributed by atoms with Crippen molar-refractivity contribution in [2.24, 2.45) is 5.73 Å². The highest BCUT2D eigenvalue weighted by molar-refractivity contribution is 8.02. The Morgan fingerprint density at radius 3 is 0.980 bits per heavy atom. The molecule has 0 aromatic heterocycles. The molecule has 9 rings (SSSR count). The molecule has 16 atom stereocenters. The Hall–Kier alpha value is -9.04. The fourth-order valence-corrected chi connectivity index (χ4v) is 18.4. The standard InChI is InChI=1S/C64H76N12O20S4/c1-61(2)41(57(89)90)73-52(97-61)37(69-45(81)33(65)25-9-17-29(77)18-10-25)49(85)66-34(26-11-19-30(78)20-12-26)46(82)70-38(53-74-42(58(91)92)62(3,4)98-53)50(86)67-35(27-13-21-31(79)22-14-27)47(83)71-39(54-75-43(59(93)94)63(5,6)99-54)51(87)68-36(28-15-23-32(80)24-16-28)48(84)72-40-55(88)76-44(60(95)96)64(7,8)100-56(40)76/h9-24,33-44,52-54,56,73-75,77-80H,65H2,1-8H3,(H,66,85)(H,67,86)(H,68,87)(H,69,81)(H,70,82)(H,71,83)(H,72,84)(H,89,90)(H,91,92)(H,93,94)(H,95,96)/t33-,34?,35?,36?,37?,38?,39?,40-,41+,42+,43+,44+,52?,53?,54?,56-/m1/s1. The maximum atomic E-state index is 15.6. The van der Waals surface area contributed by atoms with Crippen molar-refractivity contribution < 1.29 is 98.4 Å². The second kappa shape index (κ2) is 29.3. The number of nitrogens with zero attached hydrogens (tertiary/aromatic N) is 1. The normalized spacial score (nSPS) is 25.7. The van der Waals surface area contributed by atoms with Crippen LogP contribution in [0.3, 0.4) is 0 Å². The van der Waals surface area contributed by atoms with E-state index in [0.29, 0.717) is 0 Å². The predicted molar refractivity (Wildman–Crippen MR) is 364 cm³/mol. The van der Waals surface area contributed by atoms with Gasteiger partial charge in [0.05, 0.1) is 16.1 Å². The first-order valence-electron chi connectivity index (χ1n) is 31.0. The molecule has 5 fully saturated rings. The quantitative estimate of drug-likeness (QED) is 0.0384. The van der Waals surface area contributed by atoms with E-state index in [0.717, 1.165) is 76.2 Å². The lowest BCUT2D eigenvalue weighted by molar-refractivity contribution is -0.161. The van der Waals surface area contributed by atoms with Crippen LogP contribution in [-0.2, 0) is 57.5 Å². The number of aliphatic carboxylic acids is 4. The van der Waals surface area contributed by atoms with Crippen molar-refractivity contribution in [1.29, 1.82) is 0 Å². The maximum absolute atomic E-state index is 15.6. The molecular formula is C64H76N12O20S4. The predicted octanol–water partition coefficient (Wildman–Crippen LogP) is -0.150. The van der Waals surface area contributed by atoms with Gasteiger partial charge in [-0.3, -0.25) is 68.7 Å². The summed E-state index contributed by atoms with van der Waals surface area (Å²) < 4.78 is -4.66. The first kappa shape index (κ1) is 75.2. The van der Waals surface area contributed by atoms with Crippen LogP contribution in [0.2, 0.25) is 0 Å². The molecule has 100 heavy (non-hydrogen) atoms. The molecule has 4 aromatic rings. The molecule has 5 saturated heterocycles. The fourth-order valence-electron chi connectivity index (χ4n) is 12.3. The van der Waals surface area contributed by atoms with Gasteiger partial charge in [-0.2, -0.15) is 0 Å². The van der Waals surface area contributed by atoms with Gasteiger partial charge in [0.2, 0.25) is 47.3 Å². The molecule has 5 heterocycles. The molecule has 32 nitrogen and oxygen atoms in total. The van der Waals surface area contributed by atoms with Crippen LogP contribution in [-0.4, -0.2) is 206 Å². The number of hydrogen-bond acceptors (Lipinski definition) is 24. The van der Waals surface area contributed by atoms with Gasteiger partial charge in [-0.1, -0.05) is 48.5 Å². The molecule has 36 heteroatoms. The lowest BCUT2D eigenvalue weighted by Crippen LogP contribution is -2.71. The number of benzene rings is 4. The second-order valence-electron chi connectivity index (χ2n) is 26.5.